The van der Waals surface area contributed by atoms with Crippen LogP contribution in [0.5, 0.6) is 5.75 Å². The molecule has 0 radical (unpaired) electrons. The van der Waals surface area contributed by atoms with E-state index in [0.29, 0.717) is 16.0 Å². The third-order valence-electron chi connectivity index (χ3n) is 4.40. The standard InChI is InChI=1S/C19H20N2O3S.CH4O4S/c1-21(2,3)8-9-25-14-10-13(22)15-16(17(14)20)19(24)12-7-5-4-6-11(12)18(15)23;1-5-6(2,3)4/h4-7,10H,8-9H2,1-3H3,(H2-,20,22,23,24);1H3,(H,2,3,4). The van der Waals surface area contributed by atoms with Gasteiger partial charge in [-0.1, -0.05) is 24.3 Å². The average Bonchev–Trinajstić information content (AvgIpc) is 2.67. The third-order valence-corrected chi connectivity index (χ3v) is 5.85. The van der Waals surface area contributed by atoms with Crippen LogP contribution < -0.4 is 5.73 Å². The zero-order chi connectivity index (χ0) is 23.6. The topological polar surface area (TPSA) is 147 Å². The number of fused-ring (bicyclic) bond motifs is 2. The Balaban J connectivity index is 0.000000501. The molecule has 168 valence electrons. The van der Waals surface area contributed by atoms with E-state index in [9.17, 15) is 27.7 Å². The number of aromatic hydroxyl groups is 1. The number of benzene rings is 2. The van der Waals surface area contributed by atoms with Crippen molar-refractivity contribution < 1.29 is 36.3 Å². The highest BCUT2D eigenvalue weighted by Gasteiger charge is 2.34. The van der Waals surface area contributed by atoms with Gasteiger partial charge in [-0.05, 0) is 6.07 Å². The number of hydrogen-bond acceptors (Lipinski definition) is 9. The lowest BCUT2D eigenvalue weighted by atomic mass is 9.83. The Hall–Kier alpha value is -2.44. The molecule has 0 heterocycles. The number of nitrogens with two attached hydrogens (primary N) is 1. The number of hydrogen-bond donors (Lipinski definition) is 2. The van der Waals surface area contributed by atoms with Crippen molar-refractivity contribution in [1.82, 2.24) is 0 Å². The fraction of sp³-hybridized carbons (Fsp3) is 0.300. The van der Waals surface area contributed by atoms with Crippen molar-refractivity contribution in [2.24, 2.45) is 0 Å². The second-order valence-electron chi connectivity index (χ2n) is 7.70. The van der Waals surface area contributed by atoms with Crippen molar-refractivity contribution in [3.05, 3.63) is 52.6 Å². The van der Waals surface area contributed by atoms with Crippen molar-refractivity contribution >= 4 is 39.4 Å². The highest BCUT2D eigenvalue weighted by molar-refractivity contribution is 7.99. The molecular weight excluding hydrogens is 444 g/mol. The lowest BCUT2D eigenvalue weighted by Crippen LogP contribution is -2.36. The Morgan fingerprint density at radius 3 is 2.03 bits per heavy atom. The second-order valence-corrected chi connectivity index (χ2v) is 9.99. The molecule has 31 heavy (non-hydrogen) atoms. The molecule has 0 saturated heterocycles. The van der Waals surface area contributed by atoms with Crippen molar-refractivity contribution in [3.63, 3.8) is 0 Å². The number of phenols is 1. The lowest BCUT2D eigenvalue weighted by Gasteiger charge is -2.24. The number of phenolic OH excluding ortho intramolecular Hbond substituents is 1. The zero-order valence-corrected chi connectivity index (χ0v) is 19.2. The molecule has 0 bridgehead atoms. The maximum Gasteiger partial charge on any atom is 0.217 e. The number of anilines is 1. The molecule has 2 aromatic rings. The molecule has 0 spiro atoms. The zero-order valence-electron chi connectivity index (χ0n) is 17.5. The van der Waals surface area contributed by atoms with Gasteiger partial charge >= 0.3 is 0 Å². The van der Waals surface area contributed by atoms with Crippen LogP contribution in [0, 0.1) is 0 Å². The quantitative estimate of drug-likeness (QED) is 0.142. The van der Waals surface area contributed by atoms with Crippen molar-refractivity contribution in [1.29, 1.82) is 0 Å². The van der Waals surface area contributed by atoms with Crippen LogP contribution >= 0.6 is 11.8 Å². The van der Waals surface area contributed by atoms with Gasteiger partial charge in [-0.2, -0.15) is 0 Å². The summed E-state index contributed by atoms with van der Waals surface area (Å²) in [6, 6.07) is 8.12. The first-order valence-corrected chi connectivity index (χ1v) is 11.4. The summed E-state index contributed by atoms with van der Waals surface area (Å²) in [7, 11) is 2.67. The molecule has 3 rings (SSSR count). The number of carbonyl (C=O) groups excluding carboxylic acids is 2. The Morgan fingerprint density at radius 2 is 1.58 bits per heavy atom. The fourth-order valence-electron chi connectivity index (χ4n) is 2.82. The van der Waals surface area contributed by atoms with E-state index in [1.807, 2.05) is 0 Å². The number of carbonyl (C=O) groups is 2. The molecule has 2 aromatic carbocycles. The SMILES string of the molecule is COS(=O)(=O)[O-].C[N+](C)(C)CCSc1cc(O)c2c(c1N)C(=O)c1ccccc1C2=O. The molecule has 0 amide bonds. The number of thioether (sulfide) groups is 1. The van der Waals surface area contributed by atoms with Crippen LogP contribution in [0.1, 0.15) is 31.8 Å². The molecule has 0 aromatic heterocycles. The molecule has 0 fully saturated rings. The van der Waals surface area contributed by atoms with E-state index in [1.54, 1.807) is 24.3 Å². The van der Waals surface area contributed by atoms with E-state index >= 15 is 0 Å². The average molecular weight is 469 g/mol. The van der Waals surface area contributed by atoms with Crippen LogP contribution in [0.4, 0.5) is 5.69 Å². The number of quaternary nitrogens is 1. The lowest BCUT2D eigenvalue weighted by molar-refractivity contribution is -0.867. The molecule has 3 N–H and O–H groups in total. The van der Waals surface area contributed by atoms with Gasteiger partial charge in [-0.15, -0.1) is 11.8 Å². The summed E-state index contributed by atoms with van der Waals surface area (Å²) in [6.07, 6.45) is 0. The van der Waals surface area contributed by atoms with Gasteiger partial charge in [0.25, 0.3) is 0 Å². The first-order chi connectivity index (χ1) is 14.3. The second kappa shape index (κ2) is 9.37. The van der Waals surface area contributed by atoms with Gasteiger partial charge in [0.2, 0.25) is 10.4 Å². The Bertz CT molecular complexity index is 1120. The smallest absolute Gasteiger partial charge is 0.217 e. The van der Waals surface area contributed by atoms with E-state index < -0.39 is 10.4 Å². The molecule has 9 nitrogen and oxygen atoms in total. The molecule has 1 aliphatic rings. The van der Waals surface area contributed by atoms with Crippen LogP contribution in [-0.4, -0.2) is 74.7 Å². The van der Waals surface area contributed by atoms with Gasteiger partial charge in [0, 0.05) is 21.8 Å². The van der Waals surface area contributed by atoms with E-state index in [0.717, 1.165) is 23.9 Å². The van der Waals surface area contributed by atoms with Crippen LogP contribution in [-0.2, 0) is 14.6 Å². The largest absolute Gasteiger partial charge is 0.726 e. The van der Waals surface area contributed by atoms with Crippen molar-refractivity contribution in [2.75, 3.05) is 46.3 Å². The van der Waals surface area contributed by atoms with Gasteiger partial charge in [-0.3, -0.25) is 13.8 Å². The maximum atomic E-state index is 12.9. The Morgan fingerprint density at radius 1 is 1.10 bits per heavy atom. The van der Waals surface area contributed by atoms with Gasteiger partial charge in [0.1, 0.15) is 5.75 Å². The predicted molar refractivity (Wildman–Crippen MR) is 116 cm³/mol. The Kier molecular flexibility index (Phi) is 7.50. The van der Waals surface area contributed by atoms with Crippen LogP contribution in [0.3, 0.4) is 0 Å². The predicted octanol–water partition coefficient (Wildman–Crippen LogP) is 1.64. The summed E-state index contributed by atoms with van der Waals surface area (Å²) in [5, 5.41) is 10.4. The monoisotopic (exact) mass is 468 g/mol. The van der Waals surface area contributed by atoms with Crippen molar-refractivity contribution in [2.45, 2.75) is 4.90 Å². The molecule has 11 heteroatoms. The summed E-state index contributed by atoms with van der Waals surface area (Å²) in [6.45, 7) is 0.900. The van der Waals surface area contributed by atoms with Gasteiger partial charge in [0.15, 0.2) is 11.6 Å². The molecule has 1 aliphatic carbocycles. The minimum Gasteiger partial charge on any atom is -0.726 e. The first-order valence-electron chi connectivity index (χ1n) is 9.05. The summed E-state index contributed by atoms with van der Waals surface area (Å²) in [5.74, 6) is -0.0841. The van der Waals surface area contributed by atoms with E-state index in [-0.39, 0.29) is 34.1 Å². The van der Waals surface area contributed by atoms with E-state index in [2.05, 4.69) is 25.3 Å². The summed E-state index contributed by atoms with van der Waals surface area (Å²) >= 11 is 1.48. The van der Waals surface area contributed by atoms with Crippen molar-refractivity contribution in [3.8, 4) is 5.75 Å². The minimum atomic E-state index is -4.41. The van der Waals surface area contributed by atoms with E-state index in [1.165, 1.54) is 17.8 Å². The first kappa shape index (κ1) is 24.8. The minimum absolute atomic E-state index is 0.0113. The Labute approximate surface area is 185 Å². The number of ketones is 2. The van der Waals surface area contributed by atoms with Gasteiger partial charge in [0.05, 0.1) is 51.6 Å². The summed E-state index contributed by atoms with van der Waals surface area (Å²) in [5.41, 5.74) is 7.26. The highest BCUT2D eigenvalue weighted by Crippen LogP contribution is 2.41. The third kappa shape index (κ3) is 6.05. The van der Waals surface area contributed by atoms with E-state index in [4.69, 9.17) is 5.73 Å². The summed E-state index contributed by atoms with van der Waals surface area (Å²) in [4.78, 5) is 26.2. The maximum absolute atomic E-state index is 12.9. The highest BCUT2D eigenvalue weighted by atomic mass is 32.3. The molecular formula is C20H24N2O7S2. The number of nitrogen functional groups attached to an aromatic ring is 1. The van der Waals surface area contributed by atoms with Crippen LogP contribution in [0.15, 0.2) is 35.2 Å². The van der Waals surface area contributed by atoms with Crippen LogP contribution in [0.25, 0.3) is 0 Å². The number of rotatable bonds is 5. The number of nitrogens with zero attached hydrogens (tertiary/aromatic N) is 1. The van der Waals surface area contributed by atoms with Crippen LogP contribution in [0.2, 0.25) is 0 Å². The molecule has 0 atom stereocenters. The molecule has 0 saturated carbocycles. The van der Waals surface area contributed by atoms with Gasteiger partial charge < -0.3 is 19.9 Å². The molecule has 0 aliphatic heterocycles. The van der Waals surface area contributed by atoms with Gasteiger partial charge in [-0.25, -0.2) is 8.42 Å². The normalized spacial score (nSPS) is 13.2. The molecule has 0 unspecified atom stereocenters. The fourth-order valence-corrected chi connectivity index (χ4v) is 4.13. The summed E-state index contributed by atoms with van der Waals surface area (Å²) < 4.78 is 31.8.